The van der Waals surface area contributed by atoms with Gasteiger partial charge in [-0.25, -0.2) is 0 Å². The van der Waals surface area contributed by atoms with Crippen molar-refractivity contribution in [2.24, 2.45) is 0 Å². The molecular formula is C8H17NO2. The molecule has 0 aliphatic carbocycles. The van der Waals surface area contributed by atoms with Crippen LogP contribution in [0.3, 0.4) is 0 Å². The first-order chi connectivity index (χ1) is 5.20. The SMILES string of the molecule is CCCNC(C)CC(=O)OC. The van der Waals surface area contributed by atoms with Gasteiger partial charge in [-0.1, -0.05) is 6.92 Å². The summed E-state index contributed by atoms with van der Waals surface area (Å²) >= 11 is 0. The third kappa shape index (κ3) is 5.85. The molecule has 1 unspecified atom stereocenters. The van der Waals surface area contributed by atoms with Crippen LogP contribution < -0.4 is 5.32 Å². The number of esters is 1. The van der Waals surface area contributed by atoms with E-state index in [-0.39, 0.29) is 12.0 Å². The van der Waals surface area contributed by atoms with E-state index < -0.39 is 0 Å². The third-order valence-electron chi connectivity index (χ3n) is 1.44. The molecular weight excluding hydrogens is 142 g/mol. The zero-order valence-electron chi connectivity index (χ0n) is 7.52. The molecule has 0 aliphatic rings. The summed E-state index contributed by atoms with van der Waals surface area (Å²) < 4.78 is 4.52. The number of hydrogen-bond donors (Lipinski definition) is 1. The number of rotatable bonds is 5. The zero-order valence-corrected chi connectivity index (χ0v) is 7.52. The fourth-order valence-corrected chi connectivity index (χ4v) is 0.796. The molecule has 1 N–H and O–H groups in total. The van der Waals surface area contributed by atoms with Gasteiger partial charge in [0.05, 0.1) is 13.5 Å². The number of ether oxygens (including phenoxy) is 1. The van der Waals surface area contributed by atoms with Gasteiger partial charge >= 0.3 is 5.97 Å². The Morgan fingerprint density at radius 2 is 2.27 bits per heavy atom. The van der Waals surface area contributed by atoms with Crippen molar-refractivity contribution in [3.05, 3.63) is 0 Å². The lowest BCUT2D eigenvalue weighted by molar-refractivity contribution is -0.141. The van der Waals surface area contributed by atoms with Crippen LogP contribution in [-0.2, 0) is 9.53 Å². The van der Waals surface area contributed by atoms with Gasteiger partial charge in [-0.15, -0.1) is 0 Å². The van der Waals surface area contributed by atoms with E-state index in [0.29, 0.717) is 6.42 Å². The summed E-state index contributed by atoms with van der Waals surface area (Å²) in [6.45, 7) is 5.03. The predicted octanol–water partition coefficient (Wildman–Crippen LogP) is 0.938. The highest BCUT2D eigenvalue weighted by molar-refractivity contribution is 5.69. The van der Waals surface area contributed by atoms with Gasteiger partial charge in [0.2, 0.25) is 0 Å². The van der Waals surface area contributed by atoms with Gasteiger partial charge in [-0.2, -0.15) is 0 Å². The third-order valence-corrected chi connectivity index (χ3v) is 1.44. The van der Waals surface area contributed by atoms with Crippen LogP contribution >= 0.6 is 0 Å². The fraction of sp³-hybridized carbons (Fsp3) is 0.875. The Kier molecular flexibility index (Phi) is 5.84. The molecule has 3 heteroatoms. The molecule has 0 rings (SSSR count). The maximum Gasteiger partial charge on any atom is 0.307 e. The molecule has 0 aromatic rings. The van der Waals surface area contributed by atoms with Gasteiger partial charge in [0.25, 0.3) is 0 Å². The lowest BCUT2D eigenvalue weighted by Gasteiger charge is -2.10. The van der Waals surface area contributed by atoms with Crippen LogP contribution in [-0.4, -0.2) is 25.7 Å². The van der Waals surface area contributed by atoms with E-state index in [9.17, 15) is 4.79 Å². The molecule has 0 fully saturated rings. The second-order valence-electron chi connectivity index (χ2n) is 2.64. The first-order valence-corrected chi connectivity index (χ1v) is 4.00. The quantitative estimate of drug-likeness (QED) is 0.607. The van der Waals surface area contributed by atoms with Crippen LogP contribution in [0, 0.1) is 0 Å². The number of nitrogens with one attached hydrogen (secondary N) is 1. The van der Waals surface area contributed by atoms with Gasteiger partial charge in [0.1, 0.15) is 0 Å². The molecule has 0 aromatic heterocycles. The monoisotopic (exact) mass is 159 g/mol. The molecule has 3 nitrogen and oxygen atoms in total. The van der Waals surface area contributed by atoms with E-state index in [1.807, 2.05) is 6.92 Å². The summed E-state index contributed by atoms with van der Waals surface area (Å²) in [7, 11) is 1.41. The van der Waals surface area contributed by atoms with Crippen molar-refractivity contribution in [2.75, 3.05) is 13.7 Å². The van der Waals surface area contributed by atoms with Gasteiger partial charge < -0.3 is 10.1 Å². The van der Waals surface area contributed by atoms with E-state index in [4.69, 9.17) is 0 Å². The summed E-state index contributed by atoms with van der Waals surface area (Å²) in [6, 6.07) is 0.224. The number of hydrogen-bond acceptors (Lipinski definition) is 3. The topological polar surface area (TPSA) is 38.3 Å². The van der Waals surface area contributed by atoms with Crippen molar-refractivity contribution < 1.29 is 9.53 Å². The minimum Gasteiger partial charge on any atom is -0.469 e. The lowest BCUT2D eigenvalue weighted by Crippen LogP contribution is -2.29. The second kappa shape index (κ2) is 6.16. The molecule has 11 heavy (non-hydrogen) atoms. The Hall–Kier alpha value is -0.570. The van der Waals surface area contributed by atoms with Crippen LogP contribution in [0.4, 0.5) is 0 Å². The maximum atomic E-state index is 10.7. The van der Waals surface area contributed by atoms with E-state index in [0.717, 1.165) is 13.0 Å². The molecule has 0 aliphatic heterocycles. The first kappa shape index (κ1) is 10.4. The van der Waals surface area contributed by atoms with Crippen molar-refractivity contribution in [1.82, 2.24) is 5.32 Å². The number of carbonyl (C=O) groups is 1. The molecule has 0 spiro atoms. The smallest absolute Gasteiger partial charge is 0.307 e. The molecule has 0 bridgehead atoms. The summed E-state index contributed by atoms with van der Waals surface area (Å²) in [5, 5.41) is 3.20. The molecule has 0 saturated carbocycles. The Morgan fingerprint density at radius 3 is 2.73 bits per heavy atom. The Morgan fingerprint density at radius 1 is 1.64 bits per heavy atom. The van der Waals surface area contributed by atoms with Crippen LogP contribution in [0.25, 0.3) is 0 Å². The Labute approximate surface area is 68.1 Å². The second-order valence-corrected chi connectivity index (χ2v) is 2.64. The average Bonchev–Trinajstić information content (AvgIpc) is 2.00. The van der Waals surface area contributed by atoms with E-state index in [2.05, 4.69) is 17.0 Å². The summed E-state index contributed by atoms with van der Waals surface area (Å²) in [6.07, 6.45) is 1.54. The fourth-order valence-electron chi connectivity index (χ4n) is 0.796. The largest absolute Gasteiger partial charge is 0.469 e. The van der Waals surface area contributed by atoms with Gasteiger partial charge in [0.15, 0.2) is 0 Å². The summed E-state index contributed by atoms with van der Waals surface area (Å²) in [5.41, 5.74) is 0. The van der Waals surface area contributed by atoms with Crippen molar-refractivity contribution in [2.45, 2.75) is 32.7 Å². The molecule has 0 radical (unpaired) electrons. The Balaban J connectivity index is 3.35. The molecule has 66 valence electrons. The predicted molar refractivity (Wildman–Crippen MR) is 44.4 cm³/mol. The maximum absolute atomic E-state index is 10.7. The molecule has 1 atom stereocenters. The average molecular weight is 159 g/mol. The highest BCUT2D eigenvalue weighted by atomic mass is 16.5. The molecule has 0 amide bonds. The molecule has 0 aromatic carbocycles. The number of methoxy groups -OCH3 is 1. The van der Waals surface area contributed by atoms with Crippen LogP contribution in [0.15, 0.2) is 0 Å². The Bertz CT molecular complexity index is 115. The van der Waals surface area contributed by atoms with Gasteiger partial charge in [-0.05, 0) is 19.9 Å². The van der Waals surface area contributed by atoms with Crippen molar-refractivity contribution >= 4 is 5.97 Å². The minimum absolute atomic E-state index is 0.152. The summed E-state index contributed by atoms with van der Waals surface area (Å²) in [4.78, 5) is 10.7. The van der Waals surface area contributed by atoms with Crippen molar-refractivity contribution in [1.29, 1.82) is 0 Å². The van der Waals surface area contributed by atoms with E-state index in [1.165, 1.54) is 7.11 Å². The summed E-state index contributed by atoms with van der Waals surface area (Å²) in [5.74, 6) is -0.152. The van der Waals surface area contributed by atoms with Crippen LogP contribution in [0.5, 0.6) is 0 Å². The molecule has 0 heterocycles. The standard InChI is InChI=1S/C8H17NO2/c1-4-5-9-7(2)6-8(10)11-3/h7,9H,4-6H2,1-3H3. The molecule has 0 saturated heterocycles. The lowest BCUT2D eigenvalue weighted by atomic mass is 10.2. The number of carbonyl (C=O) groups excluding carboxylic acids is 1. The van der Waals surface area contributed by atoms with E-state index >= 15 is 0 Å². The highest BCUT2D eigenvalue weighted by Crippen LogP contribution is 1.92. The van der Waals surface area contributed by atoms with E-state index in [1.54, 1.807) is 0 Å². The highest BCUT2D eigenvalue weighted by Gasteiger charge is 2.06. The van der Waals surface area contributed by atoms with Crippen LogP contribution in [0.1, 0.15) is 26.7 Å². The van der Waals surface area contributed by atoms with Crippen LogP contribution in [0.2, 0.25) is 0 Å². The minimum atomic E-state index is -0.152. The van der Waals surface area contributed by atoms with Crippen molar-refractivity contribution in [3.8, 4) is 0 Å². The zero-order chi connectivity index (χ0) is 8.69. The first-order valence-electron chi connectivity index (χ1n) is 4.00. The normalized spacial score (nSPS) is 12.6. The van der Waals surface area contributed by atoms with Gasteiger partial charge in [-0.3, -0.25) is 4.79 Å². The van der Waals surface area contributed by atoms with Crippen molar-refractivity contribution in [3.63, 3.8) is 0 Å². The van der Waals surface area contributed by atoms with Gasteiger partial charge in [0, 0.05) is 6.04 Å².